The Balaban J connectivity index is 0.859. The highest BCUT2D eigenvalue weighted by Gasteiger charge is 2.80. The minimum Gasteiger partial charge on any atom is -0.461 e. The molecule has 3 saturated carbocycles. The van der Waals surface area contributed by atoms with E-state index in [-0.39, 0.29) is 56.7 Å². The van der Waals surface area contributed by atoms with Crippen LogP contribution < -0.4 is 11.1 Å². The van der Waals surface area contributed by atoms with Crippen molar-refractivity contribution in [1.82, 2.24) is 4.98 Å². The average Bonchev–Trinajstić information content (AvgIpc) is 3.65. The van der Waals surface area contributed by atoms with Crippen molar-refractivity contribution in [1.29, 1.82) is 0 Å². The first-order valence-electron chi connectivity index (χ1n) is 21.0. The smallest absolute Gasteiger partial charge is 0.306 e. The minimum absolute atomic E-state index is 0.00944. The molecular formula is C47H51F2N3O10. The number of nitrogens with one attached hydrogen (secondary N) is 1. The van der Waals surface area contributed by atoms with Crippen LogP contribution in [0.5, 0.6) is 0 Å². The molecule has 8 rings (SSSR count). The van der Waals surface area contributed by atoms with Crippen LogP contribution in [0.1, 0.15) is 76.8 Å². The van der Waals surface area contributed by atoms with Crippen LogP contribution in [-0.2, 0) is 49.5 Å². The summed E-state index contributed by atoms with van der Waals surface area (Å²) in [5, 5.41) is 16.6. The van der Waals surface area contributed by atoms with Gasteiger partial charge in [-0.15, -0.1) is 0 Å². The third kappa shape index (κ3) is 7.06. The average molecular weight is 856 g/mol. The quantitative estimate of drug-likeness (QED) is 0.189. The second-order valence-electron chi connectivity index (χ2n) is 18.1. The maximum absolute atomic E-state index is 17.7. The number of hydrogen-bond donors (Lipinski definition) is 3. The molecule has 0 radical (unpaired) electrons. The van der Waals surface area contributed by atoms with Crippen molar-refractivity contribution in [2.24, 2.45) is 28.4 Å². The summed E-state index contributed by atoms with van der Waals surface area (Å²) in [6.45, 7) is 5.69. The number of aromatic nitrogens is 1. The number of benzene rings is 2. The van der Waals surface area contributed by atoms with E-state index in [9.17, 15) is 29.1 Å². The number of rotatable bonds is 12. The van der Waals surface area contributed by atoms with E-state index in [0.717, 1.165) is 16.8 Å². The van der Waals surface area contributed by atoms with E-state index >= 15 is 8.78 Å². The van der Waals surface area contributed by atoms with Crippen LogP contribution >= 0.6 is 0 Å². The summed E-state index contributed by atoms with van der Waals surface area (Å²) in [4.78, 5) is 69.4. The Labute approximate surface area is 357 Å². The lowest BCUT2D eigenvalue weighted by molar-refractivity contribution is -0.249. The number of amides is 1. The van der Waals surface area contributed by atoms with Crippen molar-refractivity contribution < 1.29 is 56.8 Å². The minimum atomic E-state index is -2.37. The molecule has 1 aliphatic heterocycles. The topological polar surface area (TPSA) is 193 Å². The van der Waals surface area contributed by atoms with Gasteiger partial charge >= 0.3 is 11.9 Å². The van der Waals surface area contributed by atoms with Crippen LogP contribution in [0.15, 0.2) is 84.7 Å². The fourth-order valence-electron chi connectivity index (χ4n) is 11.2. The molecule has 1 aromatic heterocycles. The first-order valence-corrected chi connectivity index (χ1v) is 21.0. The number of esters is 2. The highest BCUT2D eigenvalue weighted by molar-refractivity contribution is 6.01. The maximum atomic E-state index is 17.7. The van der Waals surface area contributed by atoms with E-state index in [0.29, 0.717) is 16.8 Å². The molecule has 15 heteroatoms. The Hall–Kier alpha value is -5.22. The number of hydrogen-bond acceptors (Lipinski definition) is 12. The van der Waals surface area contributed by atoms with Crippen molar-refractivity contribution in [3.05, 3.63) is 95.9 Å². The summed E-state index contributed by atoms with van der Waals surface area (Å²) in [6, 6.07) is 14.3. The van der Waals surface area contributed by atoms with E-state index in [2.05, 4.69) is 10.3 Å². The summed E-state index contributed by atoms with van der Waals surface area (Å²) in [7, 11) is 0. The first kappa shape index (κ1) is 43.4. The van der Waals surface area contributed by atoms with Crippen LogP contribution in [0.3, 0.4) is 0 Å². The van der Waals surface area contributed by atoms with Crippen LogP contribution in [0.4, 0.5) is 14.5 Å². The molecule has 1 amide bonds. The Morgan fingerprint density at radius 3 is 2.44 bits per heavy atom. The summed E-state index contributed by atoms with van der Waals surface area (Å²) in [6.07, 6.45) is 1.66. The number of aliphatic hydroxyl groups excluding tert-OH is 1. The van der Waals surface area contributed by atoms with E-state index < -0.39 is 94.1 Å². The number of anilines is 1. The van der Waals surface area contributed by atoms with Crippen molar-refractivity contribution in [2.45, 2.75) is 108 Å². The molecule has 4 fully saturated rings. The standard InChI is InChI=1S/C47H51F2N3O10/c1-43(2)61-39-20-33-34-19-36(48)35-18-31(53)13-15-44(35,3)46(34,49)37(54)21-45(33,4)47(39,62-43)38(55)25-60-41(57)12-11-40(56)59-24-26-5-7-27(8-6-26)32(22-50)42(58)52-30-10-9-29-23-51-16-14-28(29)17-30/h5-10,13-18,23,32-34,36-37,39,54H,11-12,19-22,24-25,50H2,1-4H3,(H,52,58)/t32-,33+,34+,36+,37+,39-,44+,45+,46+,47-/m1/s1. The van der Waals surface area contributed by atoms with Gasteiger partial charge in [-0.1, -0.05) is 43.3 Å². The second kappa shape index (κ2) is 15.8. The number of nitrogens with two attached hydrogens (primary N) is 1. The molecule has 2 aromatic carbocycles. The monoisotopic (exact) mass is 855 g/mol. The van der Waals surface area contributed by atoms with Gasteiger partial charge in [0.15, 0.2) is 29.4 Å². The predicted octanol–water partition coefficient (Wildman–Crippen LogP) is 5.67. The van der Waals surface area contributed by atoms with Crippen LogP contribution in [0.2, 0.25) is 0 Å². The van der Waals surface area contributed by atoms with Gasteiger partial charge in [-0.25, -0.2) is 8.78 Å². The number of fused-ring (bicyclic) bond motifs is 8. The summed E-state index contributed by atoms with van der Waals surface area (Å²) >= 11 is 0. The molecule has 0 bridgehead atoms. The number of aliphatic hydroxyl groups is 1. The zero-order valence-electron chi connectivity index (χ0n) is 35.0. The van der Waals surface area contributed by atoms with Gasteiger partial charge in [-0.3, -0.25) is 29.0 Å². The number of pyridine rings is 1. The number of ketones is 2. The lowest BCUT2D eigenvalue weighted by Gasteiger charge is -2.63. The molecule has 4 aliphatic carbocycles. The highest BCUT2D eigenvalue weighted by atomic mass is 19.1. The van der Waals surface area contributed by atoms with Crippen molar-refractivity contribution in [2.75, 3.05) is 18.5 Å². The summed E-state index contributed by atoms with van der Waals surface area (Å²) in [5.41, 5.74) is 0.901. The molecule has 0 spiro atoms. The SMILES string of the molecule is CC1(C)O[C@@H]2C[C@H]3[C@@H]4C[C@H](F)C5=CC(=O)C=C[C@]5(C)[C@@]4(F)[C@@H](O)C[C@]3(C)[C@]2(C(=O)COC(=O)CCC(=O)OCc2ccc([C@@H](CN)C(=O)Nc3ccc4cnccc4c3)cc2)O1. The second-order valence-corrected chi connectivity index (χ2v) is 18.1. The van der Waals surface area contributed by atoms with Gasteiger partial charge < -0.3 is 35.1 Å². The Kier molecular flexibility index (Phi) is 11.1. The third-order valence-corrected chi connectivity index (χ3v) is 14.2. The van der Waals surface area contributed by atoms with Gasteiger partial charge in [0.1, 0.15) is 12.8 Å². The zero-order valence-corrected chi connectivity index (χ0v) is 35.0. The maximum Gasteiger partial charge on any atom is 0.306 e. The number of alkyl halides is 2. The Morgan fingerprint density at radius 1 is 0.984 bits per heavy atom. The lowest BCUT2D eigenvalue weighted by atomic mass is 9.44. The number of Topliss-reactive ketones (excluding diaryl/α,β-unsaturated/α-hetero) is 1. The molecule has 1 saturated heterocycles. The molecular weight excluding hydrogens is 805 g/mol. The molecule has 4 N–H and O–H groups in total. The van der Waals surface area contributed by atoms with Crippen LogP contribution in [0.25, 0.3) is 10.8 Å². The molecule has 328 valence electrons. The highest BCUT2D eigenvalue weighted by Crippen LogP contribution is 2.72. The van der Waals surface area contributed by atoms with E-state index in [1.807, 2.05) is 18.2 Å². The molecule has 62 heavy (non-hydrogen) atoms. The molecule has 10 atom stereocenters. The number of carbonyl (C=O) groups excluding carboxylic acids is 5. The van der Waals surface area contributed by atoms with Gasteiger partial charge in [-0.2, -0.15) is 0 Å². The predicted molar refractivity (Wildman–Crippen MR) is 220 cm³/mol. The van der Waals surface area contributed by atoms with Gasteiger partial charge in [0.05, 0.1) is 31.0 Å². The fraction of sp³-hybridized carbons (Fsp3) is 0.489. The largest absolute Gasteiger partial charge is 0.461 e. The van der Waals surface area contributed by atoms with Crippen molar-refractivity contribution >= 4 is 45.9 Å². The summed E-state index contributed by atoms with van der Waals surface area (Å²) in [5.74, 6) is -6.57. The number of halogens is 2. The van der Waals surface area contributed by atoms with E-state index in [1.165, 1.54) is 19.1 Å². The van der Waals surface area contributed by atoms with Crippen LogP contribution in [-0.4, -0.2) is 88.1 Å². The van der Waals surface area contributed by atoms with Crippen molar-refractivity contribution in [3.63, 3.8) is 0 Å². The summed E-state index contributed by atoms with van der Waals surface area (Å²) < 4.78 is 57.1. The van der Waals surface area contributed by atoms with Crippen molar-refractivity contribution in [3.8, 4) is 0 Å². The molecule has 13 nitrogen and oxygen atoms in total. The zero-order chi connectivity index (χ0) is 44.4. The number of allylic oxidation sites excluding steroid dienone is 4. The van der Waals surface area contributed by atoms with E-state index in [4.69, 9.17) is 24.7 Å². The molecule has 0 unspecified atom stereocenters. The normalized spacial score (nSPS) is 33.3. The number of ether oxygens (including phenoxy) is 4. The van der Waals surface area contributed by atoms with Crippen LogP contribution in [0, 0.1) is 22.7 Å². The Morgan fingerprint density at radius 2 is 1.71 bits per heavy atom. The number of nitrogens with zero attached hydrogens (tertiary/aromatic N) is 1. The van der Waals surface area contributed by atoms with Gasteiger partial charge in [0.25, 0.3) is 0 Å². The van der Waals surface area contributed by atoms with Gasteiger partial charge in [0.2, 0.25) is 11.7 Å². The molecule has 3 aromatic rings. The lowest BCUT2D eigenvalue weighted by Crippen LogP contribution is -2.71. The number of carbonyl (C=O) groups is 5. The van der Waals surface area contributed by atoms with E-state index in [1.54, 1.807) is 63.5 Å². The van der Waals surface area contributed by atoms with Gasteiger partial charge in [-0.05, 0) is 98.4 Å². The first-order chi connectivity index (χ1) is 29.3. The Bertz CT molecular complexity index is 2390. The molecule has 2 heterocycles. The fourth-order valence-corrected chi connectivity index (χ4v) is 11.2. The van der Waals surface area contributed by atoms with Gasteiger partial charge in [0, 0.05) is 46.8 Å². The third-order valence-electron chi connectivity index (χ3n) is 14.2. The molecule has 5 aliphatic rings.